The fourth-order valence-electron chi connectivity index (χ4n) is 3.71. The maximum atomic E-state index is 12.6. The van der Waals surface area contributed by atoms with Crippen molar-refractivity contribution in [2.75, 3.05) is 13.1 Å². The summed E-state index contributed by atoms with van der Waals surface area (Å²) in [5, 5.41) is 10.5. The Morgan fingerprint density at radius 1 is 1.17 bits per heavy atom. The van der Waals surface area contributed by atoms with Crippen LogP contribution in [0.15, 0.2) is 24.3 Å². The van der Waals surface area contributed by atoms with E-state index in [1.807, 2.05) is 24.6 Å². The van der Waals surface area contributed by atoms with Gasteiger partial charge in [0.05, 0.1) is 37.1 Å². The van der Waals surface area contributed by atoms with Crippen molar-refractivity contribution in [1.82, 2.24) is 25.3 Å². The summed E-state index contributed by atoms with van der Waals surface area (Å²) in [4.78, 5) is 26.2. The Morgan fingerprint density at radius 3 is 2.72 bits per heavy atom. The molecule has 29 heavy (non-hydrogen) atoms. The third-order valence-electron chi connectivity index (χ3n) is 5.36. The van der Waals surface area contributed by atoms with Crippen LogP contribution in [0, 0.1) is 13.8 Å². The Hall–Kier alpha value is -2.67. The molecular formula is C22H31N5O2. The molecule has 0 fully saturated rings. The first-order valence-corrected chi connectivity index (χ1v) is 10.3. The minimum Gasteiger partial charge on any atom is -0.350 e. The van der Waals surface area contributed by atoms with Crippen LogP contribution in [-0.4, -0.2) is 39.6 Å². The Labute approximate surface area is 172 Å². The molecule has 0 aliphatic carbocycles. The number of carbonyl (C=O) groups excluding carboxylic acids is 2. The van der Waals surface area contributed by atoms with Crippen LogP contribution < -0.4 is 10.6 Å². The summed E-state index contributed by atoms with van der Waals surface area (Å²) >= 11 is 0. The molecule has 2 amide bonds. The van der Waals surface area contributed by atoms with Gasteiger partial charge in [-0.3, -0.25) is 19.2 Å². The van der Waals surface area contributed by atoms with Crippen molar-refractivity contribution < 1.29 is 9.59 Å². The van der Waals surface area contributed by atoms with E-state index in [1.54, 1.807) is 0 Å². The normalized spacial score (nSPS) is 14.9. The number of nitrogens with zero attached hydrogens (tertiary/aromatic N) is 3. The van der Waals surface area contributed by atoms with E-state index >= 15 is 0 Å². The highest BCUT2D eigenvalue weighted by Gasteiger charge is 2.21. The van der Waals surface area contributed by atoms with Crippen molar-refractivity contribution in [2.45, 2.75) is 59.8 Å². The number of fused-ring (bicyclic) bond motifs is 1. The fourth-order valence-corrected chi connectivity index (χ4v) is 3.71. The Kier molecular flexibility index (Phi) is 6.69. The van der Waals surface area contributed by atoms with Crippen LogP contribution in [0.4, 0.5) is 0 Å². The third-order valence-corrected chi connectivity index (χ3v) is 5.36. The van der Waals surface area contributed by atoms with Gasteiger partial charge < -0.3 is 10.6 Å². The van der Waals surface area contributed by atoms with Gasteiger partial charge in [0.15, 0.2) is 0 Å². The lowest BCUT2D eigenvalue weighted by atomic mass is 10.00. The van der Waals surface area contributed by atoms with Gasteiger partial charge >= 0.3 is 0 Å². The topological polar surface area (TPSA) is 79.3 Å². The molecule has 1 atom stereocenters. The quantitative estimate of drug-likeness (QED) is 0.751. The number of amides is 2. The third kappa shape index (κ3) is 5.44. The van der Waals surface area contributed by atoms with Crippen molar-refractivity contribution in [1.29, 1.82) is 0 Å². The number of hydrogen-bond donors (Lipinski definition) is 2. The van der Waals surface area contributed by atoms with E-state index in [0.717, 1.165) is 30.0 Å². The number of nitrogens with one attached hydrogen (secondary N) is 2. The molecule has 3 rings (SSSR count). The van der Waals surface area contributed by atoms with Gasteiger partial charge in [0, 0.05) is 19.5 Å². The second-order valence-corrected chi connectivity index (χ2v) is 7.84. The average molecular weight is 398 g/mol. The van der Waals surface area contributed by atoms with E-state index in [1.165, 1.54) is 11.1 Å². The highest BCUT2D eigenvalue weighted by atomic mass is 16.2. The number of rotatable bonds is 7. The van der Waals surface area contributed by atoms with Gasteiger partial charge in [-0.15, -0.1) is 0 Å². The first kappa shape index (κ1) is 21.0. The molecule has 1 aliphatic rings. The van der Waals surface area contributed by atoms with E-state index in [-0.39, 0.29) is 17.9 Å². The molecule has 0 radical (unpaired) electrons. The molecule has 2 N–H and O–H groups in total. The Bertz CT molecular complexity index is 889. The van der Waals surface area contributed by atoms with Crippen LogP contribution in [0.25, 0.3) is 0 Å². The van der Waals surface area contributed by atoms with Crippen LogP contribution in [0.5, 0.6) is 0 Å². The van der Waals surface area contributed by atoms with Crippen LogP contribution in [-0.2, 0) is 29.2 Å². The van der Waals surface area contributed by atoms with Gasteiger partial charge in [0.2, 0.25) is 11.8 Å². The van der Waals surface area contributed by atoms with Crippen molar-refractivity contribution in [3.8, 4) is 0 Å². The average Bonchev–Trinajstić information content (AvgIpc) is 3.09. The number of hydrogen-bond acceptors (Lipinski definition) is 4. The Balaban J connectivity index is 1.54. The molecule has 0 spiro atoms. The standard InChI is InChI=1S/C22H31N5O2/c1-5-21(28)23-12-18-11-19-13-26(8-9-27(19)25-18)14-22(29)24-17(4)20-10-15(2)6-7-16(20)3/h6-7,10-11,17H,5,8-9,12-14H2,1-4H3,(H,23,28)(H,24,29). The molecule has 7 nitrogen and oxygen atoms in total. The second kappa shape index (κ2) is 9.22. The molecule has 2 aromatic rings. The van der Waals surface area contributed by atoms with Crippen molar-refractivity contribution in [2.24, 2.45) is 0 Å². The van der Waals surface area contributed by atoms with E-state index < -0.39 is 0 Å². The zero-order chi connectivity index (χ0) is 21.0. The highest BCUT2D eigenvalue weighted by molar-refractivity contribution is 5.78. The molecule has 156 valence electrons. The van der Waals surface area contributed by atoms with Crippen LogP contribution >= 0.6 is 0 Å². The summed E-state index contributed by atoms with van der Waals surface area (Å²) < 4.78 is 1.97. The summed E-state index contributed by atoms with van der Waals surface area (Å²) in [6, 6.07) is 8.31. The smallest absolute Gasteiger partial charge is 0.234 e. The molecule has 0 saturated heterocycles. The number of benzene rings is 1. The molecule has 0 saturated carbocycles. The lowest BCUT2D eigenvalue weighted by Crippen LogP contribution is -2.42. The zero-order valence-electron chi connectivity index (χ0n) is 17.8. The molecule has 2 heterocycles. The van der Waals surface area contributed by atoms with E-state index in [2.05, 4.69) is 52.7 Å². The molecular weight excluding hydrogens is 366 g/mol. The summed E-state index contributed by atoms with van der Waals surface area (Å²) in [6.45, 7) is 11.0. The highest BCUT2D eigenvalue weighted by Crippen LogP contribution is 2.19. The molecule has 0 bridgehead atoms. The molecule has 1 aromatic heterocycles. The van der Waals surface area contributed by atoms with Gasteiger partial charge in [0.1, 0.15) is 0 Å². The van der Waals surface area contributed by atoms with E-state index in [4.69, 9.17) is 0 Å². The molecule has 1 aromatic carbocycles. The molecule has 1 aliphatic heterocycles. The van der Waals surface area contributed by atoms with Crippen molar-refractivity contribution in [3.05, 3.63) is 52.3 Å². The maximum absolute atomic E-state index is 12.6. The van der Waals surface area contributed by atoms with Gasteiger partial charge in [-0.2, -0.15) is 5.10 Å². The van der Waals surface area contributed by atoms with Crippen molar-refractivity contribution >= 4 is 11.8 Å². The van der Waals surface area contributed by atoms with E-state index in [0.29, 0.717) is 26.1 Å². The summed E-state index contributed by atoms with van der Waals surface area (Å²) in [6.07, 6.45) is 0.469. The fraction of sp³-hybridized carbons (Fsp3) is 0.500. The summed E-state index contributed by atoms with van der Waals surface area (Å²) in [5.74, 6) is 0.0500. The maximum Gasteiger partial charge on any atom is 0.234 e. The largest absolute Gasteiger partial charge is 0.350 e. The minimum atomic E-state index is -0.0218. The lowest BCUT2D eigenvalue weighted by molar-refractivity contribution is -0.123. The summed E-state index contributed by atoms with van der Waals surface area (Å²) in [7, 11) is 0. The van der Waals surface area contributed by atoms with Gasteiger partial charge in [0.25, 0.3) is 0 Å². The monoisotopic (exact) mass is 397 g/mol. The molecule has 7 heteroatoms. The predicted octanol–water partition coefficient (Wildman–Crippen LogP) is 2.22. The first-order chi connectivity index (χ1) is 13.9. The zero-order valence-corrected chi connectivity index (χ0v) is 17.8. The van der Waals surface area contributed by atoms with E-state index in [9.17, 15) is 9.59 Å². The van der Waals surface area contributed by atoms with Crippen molar-refractivity contribution in [3.63, 3.8) is 0 Å². The van der Waals surface area contributed by atoms with Crippen LogP contribution in [0.1, 0.15) is 54.4 Å². The van der Waals surface area contributed by atoms with Gasteiger partial charge in [-0.05, 0) is 38.0 Å². The number of aryl methyl sites for hydroxylation is 2. The number of carbonyl (C=O) groups is 2. The predicted molar refractivity (Wildman–Crippen MR) is 112 cm³/mol. The first-order valence-electron chi connectivity index (χ1n) is 10.3. The SMILES string of the molecule is CCC(=O)NCc1cc2n(n1)CCN(CC(=O)NC(C)c1cc(C)ccc1C)C2. The second-order valence-electron chi connectivity index (χ2n) is 7.84. The van der Waals surface area contributed by atoms with Gasteiger partial charge in [-0.1, -0.05) is 30.7 Å². The Morgan fingerprint density at radius 2 is 1.97 bits per heavy atom. The molecule has 1 unspecified atom stereocenters. The summed E-state index contributed by atoms with van der Waals surface area (Å²) in [5.41, 5.74) is 5.48. The minimum absolute atomic E-state index is 0.0206. The lowest BCUT2D eigenvalue weighted by Gasteiger charge is -2.27. The number of aromatic nitrogens is 2. The van der Waals surface area contributed by atoms with Crippen LogP contribution in [0.2, 0.25) is 0 Å². The van der Waals surface area contributed by atoms with Crippen LogP contribution in [0.3, 0.4) is 0 Å². The van der Waals surface area contributed by atoms with Gasteiger partial charge in [-0.25, -0.2) is 0 Å².